The first kappa shape index (κ1) is 7.42. The van der Waals surface area contributed by atoms with Crippen LogP contribution < -0.4 is 0 Å². The van der Waals surface area contributed by atoms with E-state index in [2.05, 4.69) is 13.8 Å². The largest absolute Gasteiger partial charge is 0.418 e. The van der Waals surface area contributed by atoms with Crippen LogP contribution in [0.2, 0.25) is 5.54 Å². The lowest BCUT2D eigenvalue weighted by Gasteiger charge is -2.09. The van der Waals surface area contributed by atoms with E-state index < -0.39 is 19.3 Å². The normalized spacial score (nSPS) is 33.3. The number of hydrogen-bond donors (Lipinski definition) is 0. The molecule has 1 aliphatic heterocycles. The summed E-state index contributed by atoms with van der Waals surface area (Å²) in [5.74, 6) is 0. The van der Waals surface area contributed by atoms with E-state index in [1.807, 2.05) is 0 Å². The summed E-state index contributed by atoms with van der Waals surface area (Å²) >= 11 is 0. The van der Waals surface area contributed by atoms with Gasteiger partial charge in [0.2, 0.25) is 0 Å². The fourth-order valence-corrected chi connectivity index (χ4v) is 4.30. The fraction of sp³-hybridized carbons (Fsp3) is 1.00. The van der Waals surface area contributed by atoms with E-state index in [9.17, 15) is 0 Å². The molecule has 1 fully saturated rings. The Morgan fingerprint density at radius 3 is 2.89 bits per heavy atom. The van der Waals surface area contributed by atoms with Crippen LogP contribution >= 0.6 is 0 Å². The molecule has 0 saturated carbocycles. The average molecular weight is 164 g/mol. The molecule has 1 saturated heterocycles. The molecule has 0 aromatic heterocycles. The Morgan fingerprint density at radius 1 is 1.67 bits per heavy atom. The van der Waals surface area contributed by atoms with Gasteiger partial charge in [0.25, 0.3) is 0 Å². The Hall–Kier alpha value is 0.314. The van der Waals surface area contributed by atoms with Crippen LogP contribution in [0.3, 0.4) is 0 Å². The van der Waals surface area contributed by atoms with E-state index in [1.54, 1.807) is 0 Å². The van der Waals surface area contributed by atoms with Gasteiger partial charge in [0.1, 0.15) is 0 Å². The summed E-state index contributed by atoms with van der Waals surface area (Å²) in [5.41, 5.74) is 0.597. The van der Waals surface area contributed by atoms with Gasteiger partial charge >= 0.3 is 19.3 Å². The van der Waals surface area contributed by atoms with Gasteiger partial charge < -0.3 is 4.12 Å². The minimum absolute atomic E-state index is 0.597. The SMILES string of the molecule is CCC(C)[SiH]1OO[SiH2]O1. The molecule has 3 nitrogen and oxygen atoms in total. The van der Waals surface area contributed by atoms with Crippen LogP contribution in [0.5, 0.6) is 0 Å². The van der Waals surface area contributed by atoms with E-state index in [0.29, 0.717) is 5.54 Å². The minimum atomic E-state index is -1.34. The van der Waals surface area contributed by atoms with Crippen LogP contribution in [-0.4, -0.2) is 19.3 Å². The standard InChI is InChI=1S/C4H12O3Si2/c1-3-4(2)9-6-5-8-7-9/h4,9H,3,8H2,1-2H3. The first-order valence-corrected chi connectivity index (χ1v) is 6.01. The second-order valence-corrected chi connectivity index (χ2v) is 6.12. The molecule has 0 bridgehead atoms. The molecule has 0 radical (unpaired) electrons. The first-order valence-electron chi connectivity index (χ1n) is 3.24. The van der Waals surface area contributed by atoms with E-state index in [1.165, 1.54) is 0 Å². The highest BCUT2D eigenvalue weighted by molar-refractivity contribution is 6.54. The molecule has 0 aromatic carbocycles. The Balaban J connectivity index is 2.24. The van der Waals surface area contributed by atoms with Gasteiger partial charge in [-0.3, -0.25) is 9.15 Å². The molecule has 1 rings (SSSR count). The van der Waals surface area contributed by atoms with Gasteiger partial charge in [0, 0.05) is 0 Å². The van der Waals surface area contributed by atoms with E-state index in [-0.39, 0.29) is 0 Å². The lowest BCUT2D eigenvalue weighted by Crippen LogP contribution is -2.19. The first-order chi connectivity index (χ1) is 4.34. The third-order valence-electron chi connectivity index (χ3n) is 1.55. The zero-order chi connectivity index (χ0) is 6.69. The van der Waals surface area contributed by atoms with E-state index >= 15 is 0 Å². The Labute approximate surface area is 59.1 Å². The van der Waals surface area contributed by atoms with Crippen molar-refractivity contribution in [2.75, 3.05) is 0 Å². The summed E-state index contributed by atoms with van der Waals surface area (Å²) in [7, 11) is -2.05. The highest BCUT2D eigenvalue weighted by Gasteiger charge is 2.26. The molecule has 0 spiro atoms. The van der Waals surface area contributed by atoms with Crippen LogP contribution in [0.15, 0.2) is 0 Å². The molecule has 54 valence electrons. The van der Waals surface area contributed by atoms with Crippen molar-refractivity contribution in [2.45, 2.75) is 25.8 Å². The van der Waals surface area contributed by atoms with E-state index in [0.717, 1.165) is 6.42 Å². The van der Waals surface area contributed by atoms with Gasteiger partial charge in [-0.15, -0.1) is 0 Å². The van der Waals surface area contributed by atoms with Crippen molar-refractivity contribution in [3.63, 3.8) is 0 Å². The number of rotatable bonds is 2. The van der Waals surface area contributed by atoms with Gasteiger partial charge in [0.05, 0.1) is 0 Å². The van der Waals surface area contributed by atoms with Crippen molar-refractivity contribution in [3.05, 3.63) is 0 Å². The second-order valence-electron chi connectivity index (χ2n) is 2.25. The Kier molecular flexibility index (Phi) is 2.86. The van der Waals surface area contributed by atoms with Crippen LogP contribution in [0, 0.1) is 0 Å². The average Bonchev–Trinajstić information content (AvgIpc) is 2.37. The lowest BCUT2D eigenvalue weighted by molar-refractivity contribution is -0.0941. The second kappa shape index (κ2) is 3.47. The lowest BCUT2D eigenvalue weighted by atomic mass is 10.4. The maximum atomic E-state index is 5.34. The summed E-state index contributed by atoms with van der Waals surface area (Å²) in [6.07, 6.45) is 1.13. The smallest absolute Gasteiger partial charge is 0.352 e. The maximum absolute atomic E-state index is 5.34. The molecule has 1 aliphatic rings. The fourth-order valence-electron chi connectivity index (χ4n) is 0.669. The van der Waals surface area contributed by atoms with Gasteiger partial charge in [-0.1, -0.05) is 20.3 Å². The molecular weight excluding hydrogens is 152 g/mol. The third-order valence-corrected chi connectivity index (χ3v) is 5.64. The quantitative estimate of drug-likeness (QED) is 0.424. The Bertz CT molecular complexity index is 83.9. The molecule has 2 atom stereocenters. The Morgan fingerprint density at radius 2 is 2.44 bits per heavy atom. The van der Waals surface area contributed by atoms with Crippen molar-refractivity contribution >= 4 is 19.3 Å². The maximum Gasteiger partial charge on any atom is 0.352 e. The van der Waals surface area contributed by atoms with Gasteiger partial charge in [-0.2, -0.15) is 0 Å². The molecule has 9 heavy (non-hydrogen) atoms. The molecule has 0 N–H and O–H groups in total. The summed E-state index contributed by atoms with van der Waals surface area (Å²) in [6.45, 7) is 4.30. The van der Waals surface area contributed by atoms with Crippen LogP contribution in [0.1, 0.15) is 20.3 Å². The minimum Gasteiger partial charge on any atom is -0.418 e. The molecule has 0 aliphatic carbocycles. The molecule has 5 heteroatoms. The van der Waals surface area contributed by atoms with Crippen molar-refractivity contribution in [3.8, 4) is 0 Å². The summed E-state index contributed by atoms with van der Waals surface area (Å²) in [6, 6.07) is 0. The van der Waals surface area contributed by atoms with Gasteiger partial charge in [0.15, 0.2) is 0 Å². The zero-order valence-electron chi connectivity index (χ0n) is 5.79. The molecule has 2 unspecified atom stereocenters. The summed E-state index contributed by atoms with van der Waals surface area (Å²) < 4.78 is 15.1. The highest BCUT2D eigenvalue weighted by Crippen LogP contribution is 2.18. The predicted octanol–water partition coefficient (Wildman–Crippen LogP) is -0.0158. The molecule has 1 heterocycles. The third kappa shape index (κ3) is 1.87. The highest BCUT2D eigenvalue weighted by atomic mass is 28.4. The van der Waals surface area contributed by atoms with Crippen LogP contribution in [0.25, 0.3) is 0 Å². The van der Waals surface area contributed by atoms with Crippen molar-refractivity contribution in [1.29, 1.82) is 0 Å². The van der Waals surface area contributed by atoms with E-state index in [4.69, 9.17) is 13.3 Å². The van der Waals surface area contributed by atoms with Gasteiger partial charge in [-0.25, -0.2) is 0 Å². The number of hydrogen-bond acceptors (Lipinski definition) is 3. The van der Waals surface area contributed by atoms with Crippen molar-refractivity contribution in [1.82, 2.24) is 0 Å². The van der Waals surface area contributed by atoms with Crippen LogP contribution in [0.4, 0.5) is 0 Å². The van der Waals surface area contributed by atoms with Gasteiger partial charge in [-0.05, 0) is 5.54 Å². The molecule has 0 aromatic rings. The zero-order valence-corrected chi connectivity index (χ0v) is 8.36. The molecular formula is C4H12O3Si2. The predicted molar refractivity (Wildman–Crippen MR) is 38.7 cm³/mol. The topological polar surface area (TPSA) is 27.7 Å². The summed E-state index contributed by atoms with van der Waals surface area (Å²) in [4.78, 5) is 0. The summed E-state index contributed by atoms with van der Waals surface area (Å²) in [5, 5.41) is 0. The van der Waals surface area contributed by atoms with Crippen molar-refractivity contribution < 1.29 is 13.3 Å². The van der Waals surface area contributed by atoms with Crippen LogP contribution in [-0.2, 0) is 13.3 Å². The monoisotopic (exact) mass is 164 g/mol. The molecule has 0 amide bonds. The van der Waals surface area contributed by atoms with Crippen molar-refractivity contribution in [2.24, 2.45) is 0 Å².